The molecule has 1 heterocycles. The molecule has 1 N–H and O–H groups in total. The summed E-state index contributed by atoms with van der Waals surface area (Å²) < 4.78 is 1.71. The van der Waals surface area contributed by atoms with E-state index >= 15 is 0 Å². The van der Waals surface area contributed by atoms with Crippen molar-refractivity contribution in [2.24, 2.45) is 0 Å². The Labute approximate surface area is 70.5 Å². The van der Waals surface area contributed by atoms with Gasteiger partial charge in [-0.2, -0.15) is 5.10 Å². The van der Waals surface area contributed by atoms with E-state index in [0.717, 1.165) is 25.0 Å². The number of aromatic nitrogens is 3. The van der Waals surface area contributed by atoms with E-state index in [-0.39, 0.29) is 6.10 Å². The second kappa shape index (κ2) is 3.06. The van der Waals surface area contributed by atoms with E-state index in [4.69, 9.17) is 0 Å². The zero-order chi connectivity index (χ0) is 8.39. The number of hydrogen-bond donors (Lipinski definition) is 1. The summed E-state index contributed by atoms with van der Waals surface area (Å²) in [5.41, 5.74) is 1.05. The Morgan fingerprint density at radius 3 is 3.17 bits per heavy atom. The highest BCUT2D eigenvalue weighted by molar-refractivity contribution is 5.45. The van der Waals surface area contributed by atoms with Gasteiger partial charge < -0.3 is 5.11 Å². The number of nitrogens with zero attached hydrogens (tertiary/aromatic N) is 3. The Hall–Kier alpha value is -1.16. The third kappa shape index (κ3) is 1.38. The molecule has 0 saturated carbocycles. The second-order valence-corrected chi connectivity index (χ2v) is 2.96. The number of allylic oxidation sites excluding steroid dienone is 1. The molecule has 0 aromatic carbocycles. The van der Waals surface area contributed by atoms with Crippen LogP contribution in [-0.2, 0) is 0 Å². The third-order valence-electron chi connectivity index (χ3n) is 2.03. The molecule has 0 bridgehead atoms. The van der Waals surface area contributed by atoms with Gasteiger partial charge in [-0.15, -0.1) is 0 Å². The summed E-state index contributed by atoms with van der Waals surface area (Å²) >= 11 is 0. The van der Waals surface area contributed by atoms with Crippen LogP contribution in [-0.4, -0.2) is 26.0 Å². The Morgan fingerprint density at radius 1 is 1.58 bits per heavy atom. The molecule has 1 unspecified atom stereocenters. The highest BCUT2D eigenvalue weighted by Crippen LogP contribution is 2.20. The number of rotatable bonds is 1. The summed E-state index contributed by atoms with van der Waals surface area (Å²) in [5, 5.41) is 13.3. The van der Waals surface area contributed by atoms with Crippen LogP contribution in [0.2, 0.25) is 0 Å². The van der Waals surface area contributed by atoms with Crippen LogP contribution in [0.25, 0.3) is 5.70 Å². The van der Waals surface area contributed by atoms with Gasteiger partial charge in [-0.1, -0.05) is 0 Å². The van der Waals surface area contributed by atoms with Crippen molar-refractivity contribution >= 4 is 5.70 Å². The maximum atomic E-state index is 9.34. The molecule has 0 radical (unpaired) electrons. The Balaban J connectivity index is 2.23. The summed E-state index contributed by atoms with van der Waals surface area (Å²) in [6.45, 7) is 0. The van der Waals surface area contributed by atoms with E-state index in [0.29, 0.717) is 0 Å². The van der Waals surface area contributed by atoms with Crippen LogP contribution in [0.15, 0.2) is 18.7 Å². The van der Waals surface area contributed by atoms with Crippen molar-refractivity contribution in [1.29, 1.82) is 0 Å². The summed E-state index contributed by atoms with van der Waals surface area (Å²) in [7, 11) is 0. The first-order valence-corrected chi connectivity index (χ1v) is 4.10. The van der Waals surface area contributed by atoms with Gasteiger partial charge in [0.2, 0.25) is 0 Å². The molecule has 4 heteroatoms. The lowest BCUT2D eigenvalue weighted by atomic mass is 10.0. The van der Waals surface area contributed by atoms with Gasteiger partial charge in [0, 0.05) is 5.70 Å². The molecule has 0 aliphatic heterocycles. The fourth-order valence-electron chi connectivity index (χ4n) is 1.43. The summed E-state index contributed by atoms with van der Waals surface area (Å²) in [4.78, 5) is 3.85. The zero-order valence-corrected chi connectivity index (χ0v) is 6.72. The smallest absolute Gasteiger partial charge is 0.138 e. The average molecular weight is 165 g/mol. The van der Waals surface area contributed by atoms with Crippen molar-refractivity contribution in [1.82, 2.24) is 14.8 Å². The van der Waals surface area contributed by atoms with Crippen LogP contribution < -0.4 is 0 Å². The van der Waals surface area contributed by atoms with Crippen LogP contribution >= 0.6 is 0 Å². The molecule has 4 nitrogen and oxygen atoms in total. The lowest BCUT2D eigenvalue weighted by molar-refractivity contribution is 0.205. The molecule has 0 saturated heterocycles. The molecule has 1 aliphatic rings. The topological polar surface area (TPSA) is 50.9 Å². The van der Waals surface area contributed by atoms with Crippen molar-refractivity contribution in [2.45, 2.75) is 25.4 Å². The van der Waals surface area contributed by atoms with Crippen molar-refractivity contribution < 1.29 is 5.11 Å². The molecule has 1 aliphatic carbocycles. The zero-order valence-electron chi connectivity index (χ0n) is 6.72. The largest absolute Gasteiger partial charge is 0.389 e. The van der Waals surface area contributed by atoms with Gasteiger partial charge in [-0.3, -0.25) is 0 Å². The molecular weight excluding hydrogens is 154 g/mol. The van der Waals surface area contributed by atoms with Gasteiger partial charge >= 0.3 is 0 Å². The molecule has 2 rings (SSSR count). The predicted molar refractivity (Wildman–Crippen MR) is 44.2 cm³/mol. The fraction of sp³-hybridized carbons (Fsp3) is 0.500. The number of aliphatic hydroxyl groups is 1. The van der Waals surface area contributed by atoms with Gasteiger partial charge in [0.15, 0.2) is 0 Å². The van der Waals surface area contributed by atoms with Crippen molar-refractivity contribution in [3.63, 3.8) is 0 Å². The first-order valence-electron chi connectivity index (χ1n) is 4.10. The monoisotopic (exact) mass is 165 g/mol. The Kier molecular flexibility index (Phi) is 1.91. The molecule has 0 amide bonds. The fourth-order valence-corrected chi connectivity index (χ4v) is 1.43. The van der Waals surface area contributed by atoms with Crippen molar-refractivity contribution in [3.05, 3.63) is 18.7 Å². The first-order chi connectivity index (χ1) is 5.86. The lowest BCUT2D eigenvalue weighted by Crippen LogP contribution is -2.11. The minimum Gasteiger partial charge on any atom is -0.389 e. The maximum Gasteiger partial charge on any atom is 0.138 e. The van der Waals surface area contributed by atoms with E-state index in [1.54, 1.807) is 11.0 Å². The standard InChI is InChI=1S/C8H11N3O/c12-8-3-1-2-7(4-8)11-6-9-5-10-11/h4-6,8,12H,1-3H2. The average Bonchev–Trinajstić information content (AvgIpc) is 2.56. The summed E-state index contributed by atoms with van der Waals surface area (Å²) in [6, 6.07) is 0. The van der Waals surface area contributed by atoms with Gasteiger partial charge in [0.25, 0.3) is 0 Å². The van der Waals surface area contributed by atoms with E-state index < -0.39 is 0 Å². The van der Waals surface area contributed by atoms with Gasteiger partial charge in [-0.05, 0) is 25.3 Å². The summed E-state index contributed by atoms with van der Waals surface area (Å²) in [6.07, 6.45) is 7.55. The molecule has 0 spiro atoms. The first kappa shape index (κ1) is 7.49. The molecule has 1 atom stereocenters. The van der Waals surface area contributed by atoms with Gasteiger partial charge in [-0.25, -0.2) is 9.67 Å². The van der Waals surface area contributed by atoms with Crippen LogP contribution in [0.1, 0.15) is 19.3 Å². The van der Waals surface area contributed by atoms with Gasteiger partial charge in [0.05, 0.1) is 6.10 Å². The quantitative estimate of drug-likeness (QED) is 0.665. The van der Waals surface area contributed by atoms with E-state index in [2.05, 4.69) is 10.1 Å². The SMILES string of the molecule is OC1C=C(n2cncn2)CCC1. The van der Waals surface area contributed by atoms with E-state index in [1.165, 1.54) is 6.33 Å². The van der Waals surface area contributed by atoms with Crippen LogP contribution in [0.3, 0.4) is 0 Å². The van der Waals surface area contributed by atoms with E-state index in [9.17, 15) is 5.11 Å². The second-order valence-electron chi connectivity index (χ2n) is 2.96. The highest BCUT2D eigenvalue weighted by atomic mass is 16.3. The summed E-state index contributed by atoms with van der Waals surface area (Å²) in [5.74, 6) is 0. The van der Waals surface area contributed by atoms with Crippen molar-refractivity contribution in [2.75, 3.05) is 0 Å². The number of aliphatic hydroxyl groups excluding tert-OH is 1. The molecule has 1 aromatic heterocycles. The maximum absolute atomic E-state index is 9.34. The molecule has 64 valence electrons. The Morgan fingerprint density at radius 2 is 2.50 bits per heavy atom. The normalized spacial score (nSPS) is 23.8. The van der Waals surface area contributed by atoms with Crippen molar-refractivity contribution in [3.8, 4) is 0 Å². The molecule has 0 fully saturated rings. The third-order valence-corrected chi connectivity index (χ3v) is 2.03. The minimum absolute atomic E-state index is 0.307. The molecule has 12 heavy (non-hydrogen) atoms. The Bertz CT molecular complexity index is 279. The predicted octanol–water partition coefficient (Wildman–Crippen LogP) is 0.664. The number of hydrogen-bond acceptors (Lipinski definition) is 3. The molecular formula is C8H11N3O. The highest BCUT2D eigenvalue weighted by Gasteiger charge is 2.11. The lowest BCUT2D eigenvalue weighted by Gasteiger charge is -2.16. The minimum atomic E-state index is -0.307. The van der Waals surface area contributed by atoms with Gasteiger partial charge in [0.1, 0.15) is 12.7 Å². The van der Waals surface area contributed by atoms with Crippen LogP contribution in [0.5, 0.6) is 0 Å². The van der Waals surface area contributed by atoms with Crippen LogP contribution in [0, 0.1) is 0 Å². The van der Waals surface area contributed by atoms with Crippen LogP contribution in [0.4, 0.5) is 0 Å². The molecule has 1 aromatic rings. The van der Waals surface area contributed by atoms with E-state index in [1.807, 2.05) is 6.08 Å².